The number of rotatable bonds is 6. The molecule has 1 aliphatic rings. The fourth-order valence-electron chi connectivity index (χ4n) is 3.16. The average Bonchev–Trinajstić information content (AvgIpc) is 2.97. The van der Waals surface area contributed by atoms with E-state index < -0.39 is 0 Å². The first-order chi connectivity index (χ1) is 12.1. The number of nitrogens with one attached hydrogen (secondary N) is 1. The highest BCUT2D eigenvalue weighted by Crippen LogP contribution is 2.15. The SMILES string of the molecule is Cc1noc(C)c1CNC(=O)CCN1CCN(c2ccccc2)CC1. The number of aryl methyl sites for hydroxylation is 2. The molecule has 0 bridgehead atoms. The van der Waals surface area contributed by atoms with E-state index in [-0.39, 0.29) is 5.91 Å². The van der Waals surface area contributed by atoms with Crippen LogP contribution in [0, 0.1) is 13.8 Å². The lowest BCUT2D eigenvalue weighted by molar-refractivity contribution is -0.121. The van der Waals surface area contributed by atoms with Gasteiger partial charge in [0.2, 0.25) is 5.91 Å². The molecule has 25 heavy (non-hydrogen) atoms. The van der Waals surface area contributed by atoms with Crippen molar-refractivity contribution in [2.24, 2.45) is 0 Å². The number of piperazine rings is 1. The molecule has 0 saturated carbocycles. The number of amides is 1. The molecule has 1 amide bonds. The van der Waals surface area contributed by atoms with Crippen molar-refractivity contribution >= 4 is 11.6 Å². The zero-order valence-electron chi connectivity index (χ0n) is 15.0. The Morgan fingerprint density at radius 3 is 2.52 bits per heavy atom. The molecule has 1 aromatic heterocycles. The molecule has 0 radical (unpaired) electrons. The van der Waals surface area contributed by atoms with Gasteiger partial charge in [0.25, 0.3) is 0 Å². The van der Waals surface area contributed by atoms with Gasteiger partial charge in [-0.15, -0.1) is 0 Å². The Morgan fingerprint density at radius 2 is 1.88 bits per heavy atom. The first-order valence-corrected chi connectivity index (χ1v) is 8.84. The third-order valence-corrected chi connectivity index (χ3v) is 4.79. The summed E-state index contributed by atoms with van der Waals surface area (Å²) in [5.74, 6) is 0.848. The monoisotopic (exact) mass is 342 g/mol. The summed E-state index contributed by atoms with van der Waals surface area (Å²) in [6.45, 7) is 9.04. The lowest BCUT2D eigenvalue weighted by Crippen LogP contribution is -2.47. The molecule has 2 heterocycles. The number of hydrogen-bond donors (Lipinski definition) is 1. The Bertz CT molecular complexity index is 671. The number of aromatic nitrogens is 1. The van der Waals surface area contributed by atoms with Crippen LogP contribution in [0.15, 0.2) is 34.9 Å². The van der Waals surface area contributed by atoms with Gasteiger partial charge in [-0.1, -0.05) is 23.4 Å². The van der Waals surface area contributed by atoms with Gasteiger partial charge in [0, 0.05) is 56.9 Å². The van der Waals surface area contributed by atoms with Crippen LogP contribution in [0.3, 0.4) is 0 Å². The summed E-state index contributed by atoms with van der Waals surface area (Å²) < 4.78 is 5.12. The Kier molecular flexibility index (Phi) is 5.71. The predicted octanol–water partition coefficient (Wildman–Crippen LogP) is 2.12. The van der Waals surface area contributed by atoms with E-state index >= 15 is 0 Å². The lowest BCUT2D eigenvalue weighted by Gasteiger charge is -2.36. The average molecular weight is 342 g/mol. The standard InChI is InChI=1S/C19H26N4O2/c1-15-18(16(2)25-21-15)14-20-19(24)8-9-22-10-12-23(13-11-22)17-6-4-3-5-7-17/h3-7H,8-14H2,1-2H3,(H,20,24). The second-order valence-electron chi connectivity index (χ2n) is 6.49. The minimum atomic E-state index is 0.0745. The molecular formula is C19H26N4O2. The van der Waals surface area contributed by atoms with Gasteiger partial charge in [0.05, 0.1) is 5.69 Å². The highest BCUT2D eigenvalue weighted by Gasteiger charge is 2.18. The Labute approximate surface area is 148 Å². The maximum absolute atomic E-state index is 12.1. The maximum atomic E-state index is 12.1. The summed E-state index contributed by atoms with van der Waals surface area (Å²) in [5.41, 5.74) is 3.10. The number of nitrogens with zero attached hydrogens (tertiary/aromatic N) is 3. The summed E-state index contributed by atoms with van der Waals surface area (Å²) >= 11 is 0. The summed E-state index contributed by atoms with van der Waals surface area (Å²) in [4.78, 5) is 16.8. The first-order valence-electron chi connectivity index (χ1n) is 8.84. The Morgan fingerprint density at radius 1 is 1.16 bits per heavy atom. The lowest BCUT2D eigenvalue weighted by atomic mass is 10.2. The highest BCUT2D eigenvalue weighted by atomic mass is 16.5. The zero-order valence-corrected chi connectivity index (χ0v) is 15.0. The molecular weight excluding hydrogens is 316 g/mol. The van der Waals surface area contributed by atoms with E-state index in [4.69, 9.17) is 4.52 Å². The molecule has 6 nitrogen and oxygen atoms in total. The van der Waals surface area contributed by atoms with Gasteiger partial charge in [-0.3, -0.25) is 9.69 Å². The van der Waals surface area contributed by atoms with Crippen molar-refractivity contribution < 1.29 is 9.32 Å². The van der Waals surface area contributed by atoms with E-state index in [9.17, 15) is 4.79 Å². The van der Waals surface area contributed by atoms with Crippen LogP contribution < -0.4 is 10.2 Å². The topological polar surface area (TPSA) is 61.6 Å². The molecule has 2 aromatic rings. The molecule has 1 fully saturated rings. The van der Waals surface area contributed by atoms with Crippen LogP contribution in [-0.2, 0) is 11.3 Å². The van der Waals surface area contributed by atoms with Gasteiger partial charge in [-0.25, -0.2) is 0 Å². The van der Waals surface area contributed by atoms with Crippen molar-refractivity contribution in [3.63, 3.8) is 0 Å². The van der Waals surface area contributed by atoms with Crippen LogP contribution in [0.4, 0.5) is 5.69 Å². The smallest absolute Gasteiger partial charge is 0.221 e. The molecule has 0 aliphatic carbocycles. The van der Waals surface area contributed by atoms with Crippen LogP contribution in [0.1, 0.15) is 23.4 Å². The van der Waals surface area contributed by atoms with Gasteiger partial charge in [-0.2, -0.15) is 0 Å². The molecule has 1 aromatic carbocycles. The first kappa shape index (κ1) is 17.5. The van der Waals surface area contributed by atoms with E-state index in [1.165, 1.54) is 5.69 Å². The zero-order chi connectivity index (χ0) is 17.6. The summed E-state index contributed by atoms with van der Waals surface area (Å²) in [5, 5.41) is 6.87. The molecule has 1 aliphatic heterocycles. The van der Waals surface area contributed by atoms with Crippen molar-refractivity contribution in [1.29, 1.82) is 0 Å². The summed E-state index contributed by atoms with van der Waals surface area (Å²) in [7, 11) is 0. The molecule has 134 valence electrons. The van der Waals surface area contributed by atoms with E-state index in [1.54, 1.807) is 0 Å². The molecule has 6 heteroatoms. The molecule has 0 atom stereocenters. The van der Waals surface area contributed by atoms with E-state index in [0.29, 0.717) is 13.0 Å². The number of carbonyl (C=O) groups excluding carboxylic acids is 1. The van der Waals surface area contributed by atoms with E-state index in [2.05, 4.69) is 44.5 Å². The van der Waals surface area contributed by atoms with Gasteiger partial charge in [-0.05, 0) is 26.0 Å². The highest BCUT2D eigenvalue weighted by molar-refractivity contribution is 5.76. The molecule has 1 saturated heterocycles. The summed E-state index contributed by atoms with van der Waals surface area (Å²) in [6, 6.07) is 10.5. The third kappa shape index (κ3) is 4.60. The van der Waals surface area contributed by atoms with Crippen LogP contribution in [0.25, 0.3) is 0 Å². The van der Waals surface area contributed by atoms with Gasteiger partial charge in [0.15, 0.2) is 0 Å². The van der Waals surface area contributed by atoms with Gasteiger partial charge >= 0.3 is 0 Å². The second kappa shape index (κ2) is 8.16. The number of para-hydroxylation sites is 1. The van der Waals surface area contributed by atoms with Crippen LogP contribution in [-0.4, -0.2) is 48.7 Å². The third-order valence-electron chi connectivity index (χ3n) is 4.79. The minimum absolute atomic E-state index is 0.0745. The quantitative estimate of drug-likeness (QED) is 0.871. The fourth-order valence-corrected chi connectivity index (χ4v) is 3.16. The van der Waals surface area contributed by atoms with Gasteiger partial charge in [0.1, 0.15) is 5.76 Å². The van der Waals surface area contributed by atoms with Crippen molar-refractivity contribution in [3.8, 4) is 0 Å². The summed E-state index contributed by atoms with van der Waals surface area (Å²) in [6.07, 6.45) is 0.523. The maximum Gasteiger partial charge on any atom is 0.221 e. The number of benzene rings is 1. The predicted molar refractivity (Wildman–Crippen MR) is 97.5 cm³/mol. The number of anilines is 1. The van der Waals surface area contributed by atoms with Crippen LogP contribution in [0.2, 0.25) is 0 Å². The normalized spacial score (nSPS) is 15.4. The van der Waals surface area contributed by atoms with Gasteiger partial charge < -0.3 is 14.7 Å². The van der Waals surface area contributed by atoms with Crippen molar-refractivity contribution in [1.82, 2.24) is 15.4 Å². The molecule has 1 N–H and O–H groups in total. The van der Waals surface area contributed by atoms with Crippen molar-refractivity contribution in [2.45, 2.75) is 26.8 Å². The van der Waals surface area contributed by atoms with Crippen molar-refractivity contribution in [2.75, 3.05) is 37.6 Å². The largest absolute Gasteiger partial charge is 0.369 e. The Hall–Kier alpha value is -2.34. The fraction of sp³-hybridized carbons (Fsp3) is 0.474. The molecule has 0 spiro atoms. The van der Waals surface area contributed by atoms with Crippen LogP contribution in [0.5, 0.6) is 0 Å². The second-order valence-corrected chi connectivity index (χ2v) is 6.49. The van der Waals surface area contributed by atoms with E-state index in [0.717, 1.165) is 49.7 Å². The van der Waals surface area contributed by atoms with E-state index in [1.807, 2.05) is 19.9 Å². The molecule has 0 unspecified atom stereocenters. The van der Waals surface area contributed by atoms with Crippen LogP contribution >= 0.6 is 0 Å². The molecule has 3 rings (SSSR count). The number of hydrogen-bond acceptors (Lipinski definition) is 5. The Balaban J connectivity index is 1.37. The number of carbonyl (C=O) groups is 1. The minimum Gasteiger partial charge on any atom is -0.369 e. The van der Waals surface area contributed by atoms with Crippen molar-refractivity contribution in [3.05, 3.63) is 47.3 Å².